The number of benzene rings is 2. The van der Waals surface area contributed by atoms with E-state index in [1.807, 2.05) is 36.4 Å². The summed E-state index contributed by atoms with van der Waals surface area (Å²) in [5, 5.41) is 7.63. The van der Waals surface area contributed by atoms with Crippen LogP contribution < -0.4 is 10.6 Å². The molecule has 1 aromatic heterocycles. The van der Waals surface area contributed by atoms with Gasteiger partial charge in [0.25, 0.3) is 0 Å². The van der Waals surface area contributed by atoms with Crippen LogP contribution in [0.1, 0.15) is 0 Å². The van der Waals surface area contributed by atoms with Crippen molar-refractivity contribution in [2.24, 2.45) is 0 Å². The third-order valence-corrected chi connectivity index (χ3v) is 4.59. The summed E-state index contributed by atoms with van der Waals surface area (Å²) in [7, 11) is 0. The average molecular weight is 363 g/mol. The van der Waals surface area contributed by atoms with Crippen LogP contribution in [0.4, 0.5) is 15.5 Å². The lowest BCUT2D eigenvalue weighted by Crippen LogP contribution is -2.18. The van der Waals surface area contributed by atoms with Crippen molar-refractivity contribution >= 4 is 51.3 Å². The van der Waals surface area contributed by atoms with Crippen LogP contribution in [0.25, 0.3) is 10.4 Å². The Morgan fingerprint density at radius 3 is 2.39 bits per heavy atom. The third kappa shape index (κ3) is 4.26. The quantitative estimate of drug-likeness (QED) is 0.558. The summed E-state index contributed by atoms with van der Waals surface area (Å²) in [4.78, 5) is 13.0. The monoisotopic (exact) mass is 362 g/mol. The molecule has 0 atom stereocenters. The number of halogens is 2. The molecule has 0 unspecified atom stereocenters. The summed E-state index contributed by atoms with van der Waals surface area (Å²) in [5.41, 5.74) is 1.70. The molecule has 3 aromatic rings. The van der Waals surface area contributed by atoms with Gasteiger partial charge in [0.05, 0.1) is 5.00 Å². The van der Waals surface area contributed by atoms with Gasteiger partial charge in [-0.25, -0.2) is 4.79 Å². The summed E-state index contributed by atoms with van der Waals surface area (Å²) in [6.07, 6.45) is 0. The van der Waals surface area contributed by atoms with E-state index in [1.54, 1.807) is 24.3 Å². The number of nitrogens with one attached hydrogen (secondary N) is 2. The number of anilines is 2. The van der Waals surface area contributed by atoms with Gasteiger partial charge in [-0.2, -0.15) is 0 Å². The minimum absolute atomic E-state index is 0.299. The van der Waals surface area contributed by atoms with E-state index in [4.69, 9.17) is 23.2 Å². The first-order valence-corrected chi connectivity index (χ1v) is 8.37. The lowest BCUT2D eigenvalue weighted by molar-refractivity contribution is 0.262. The number of carbonyl (C=O) groups excluding carboxylic acids is 1. The Morgan fingerprint density at radius 1 is 0.870 bits per heavy atom. The van der Waals surface area contributed by atoms with E-state index in [-0.39, 0.29) is 6.03 Å². The molecular weight excluding hydrogens is 351 g/mol. The summed E-state index contributed by atoms with van der Waals surface area (Å²) >= 11 is 13.3. The van der Waals surface area contributed by atoms with Gasteiger partial charge in [-0.05, 0) is 54.1 Å². The van der Waals surface area contributed by atoms with Crippen LogP contribution in [0.5, 0.6) is 0 Å². The highest BCUT2D eigenvalue weighted by Gasteiger charge is 2.07. The summed E-state index contributed by atoms with van der Waals surface area (Å²) in [5.74, 6) is 0. The molecule has 0 aliphatic carbocycles. The molecule has 0 bridgehead atoms. The Kier molecular flexibility index (Phi) is 4.86. The van der Waals surface area contributed by atoms with E-state index >= 15 is 0 Å². The third-order valence-electron chi connectivity index (χ3n) is 3.05. The van der Waals surface area contributed by atoms with Crippen molar-refractivity contribution < 1.29 is 4.79 Å². The van der Waals surface area contributed by atoms with Crippen LogP contribution in [0, 0.1) is 0 Å². The molecule has 0 radical (unpaired) electrons. The number of hydrogen-bond acceptors (Lipinski definition) is 2. The Labute approximate surface area is 147 Å². The predicted octanol–water partition coefficient (Wildman–Crippen LogP) is 6.37. The highest BCUT2D eigenvalue weighted by Crippen LogP contribution is 2.32. The van der Waals surface area contributed by atoms with Crippen LogP contribution in [-0.4, -0.2) is 6.03 Å². The van der Waals surface area contributed by atoms with Gasteiger partial charge in [0, 0.05) is 20.6 Å². The minimum atomic E-state index is -0.299. The maximum absolute atomic E-state index is 12.0. The van der Waals surface area contributed by atoms with Crippen molar-refractivity contribution in [3.63, 3.8) is 0 Å². The maximum Gasteiger partial charge on any atom is 0.324 e. The van der Waals surface area contributed by atoms with Crippen LogP contribution >= 0.6 is 34.5 Å². The molecule has 6 heteroatoms. The molecule has 0 fully saturated rings. The smallest absolute Gasteiger partial charge is 0.308 e. The van der Waals surface area contributed by atoms with Gasteiger partial charge in [-0.1, -0.05) is 35.3 Å². The average Bonchev–Trinajstić information content (AvgIpc) is 2.98. The first kappa shape index (κ1) is 15.9. The first-order valence-electron chi connectivity index (χ1n) is 6.79. The summed E-state index contributed by atoms with van der Waals surface area (Å²) in [6, 6.07) is 18.1. The Bertz CT molecular complexity index is 831. The lowest BCUT2D eigenvalue weighted by Gasteiger charge is -2.05. The van der Waals surface area contributed by atoms with E-state index in [0.29, 0.717) is 15.7 Å². The van der Waals surface area contributed by atoms with E-state index in [1.165, 1.54) is 11.3 Å². The maximum atomic E-state index is 12.0. The van der Waals surface area contributed by atoms with Crippen molar-refractivity contribution in [2.45, 2.75) is 0 Å². The van der Waals surface area contributed by atoms with Gasteiger partial charge in [-0.3, -0.25) is 5.32 Å². The first-order chi connectivity index (χ1) is 11.1. The second-order valence-corrected chi connectivity index (χ2v) is 6.72. The second-order valence-electron chi connectivity index (χ2n) is 4.76. The normalized spacial score (nSPS) is 10.3. The summed E-state index contributed by atoms with van der Waals surface area (Å²) in [6.45, 7) is 0. The molecule has 1 heterocycles. The Hall–Kier alpha value is -2.01. The molecule has 0 spiro atoms. The van der Waals surface area contributed by atoms with E-state index in [9.17, 15) is 4.79 Å². The number of urea groups is 1. The van der Waals surface area contributed by atoms with Gasteiger partial charge in [0.2, 0.25) is 0 Å². The fourth-order valence-corrected chi connectivity index (χ4v) is 3.22. The minimum Gasteiger partial charge on any atom is -0.308 e. The van der Waals surface area contributed by atoms with Gasteiger partial charge < -0.3 is 5.32 Å². The van der Waals surface area contributed by atoms with Crippen LogP contribution in [0.15, 0.2) is 60.7 Å². The Balaban J connectivity index is 1.66. The molecular formula is C17H12Cl2N2OS. The Morgan fingerprint density at radius 2 is 1.65 bits per heavy atom. The van der Waals surface area contributed by atoms with Crippen molar-refractivity contribution in [1.29, 1.82) is 0 Å². The van der Waals surface area contributed by atoms with Gasteiger partial charge in [0.15, 0.2) is 0 Å². The zero-order chi connectivity index (χ0) is 16.2. The predicted molar refractivity (Wildman–Crippen MR) is 98.9 cm³/mol. The largest absolute Gasteiger partial charge is 0.324 e. The highest BCUT2D eigenvalue weighted by atomic mass is 35.5. The van der Waals surface area contributed by atoms with Crippen LogP contribution in [0.2, 0.25) is 10.0 Å². The fourth-order valence-electron chi connectivity index (χ4n) is 2.01. The molecule has 0 saturated heterocycles. The number of hydrogen-bond donors (Lipinski definition) is 2. The molecule has 3 nitrogen and oxygen atoms in total. The zero-order valence-corrected chi connectivity index (χ0v) is 14.2. The SMILES string of the molecule is O=C(Nc1ccc(Cl)cc1)Nc1ccc(-c2cccc(Cl)c2)s1. The molecule has 116 valence electrons. The number of rotatable bonds is 3. The highest BCUT2D eigenvalue weighted by molar-refractivity contribution is 7.19. The standard InChI is InChI=1S/C17H12Cl2N2OS/c18-12-4-6-14(7-5-12)20-17(22)21-16-9-8-15(23-16)11-2-1-3-13(19)10-11/h1-10H,(H2,20,21,22). The number of carbonyl (C=O) groups is 1. The van der Waals surface area contributed by atoms with E-state index in [0.717, 1.165) is 15.4 Å². The van der Waals surface area contributed by atoms with Crippen molar-refractivity contribution in [1.82, 2.24) is 0 Å². The van der Waals surface area contributed by atoms with Gasteiger partial charge in [-0.15, -0.1) is 11.3 Å². The van der Waals surface area contributed by atoms with Gasteiger partial charge in [0.1, 0.15) is 0 Å². The van der Waals surface area contributed by atoms with Crippen LogP contribution in [0.3, 0.4) is 0 Å². The van der Waals surface area contributed by atoms with Crippen molar-refractivity contribution in [2.75, 3.05) is 10.6 Å². The van der Waals surface area contributed by atoms with E-state index < -0.39 is 0 Å². The molecule has 0 aliphatic rings. The molecule has 3 rings (SSSR count). The zero-order valence-electron chi connectivity index (χ0n) is 11.8. The molecule has 2 aromatic carbocycles. The molecule has 2 N–H and O–H groups in total. The number of thiophene rings is 1. The molecule has 23 heavy (non-hydrogen) atoms. The van der Waals surface area contributed by atoms with Gasteiger partial charge >= 0.3 is 6.03 Å². The molecule has 0 saturated carbocycles. The fraction of sp³-hybridized carbons (Fsp3) is 0. The summed E-state index contributed by atoms with van der Waals surface area (Å²) < 4.78 is 0. The molecule has 2 amide bonds. The van der Waals surface area contributed by atoms with Crippen molar-refractivity contribution in [3.8, 4) is 10.4 Å². The molecule has 0 aliphatic heterocycles. The number of amides is 2. The second kappa shape index (κ2) is 7.04. The van der Waals surface area contributed by atoms with Crippen LogP contribution in [-0.2, 0) is 0 Å². The topological polar surface area (TPSA) is 41.1 Å². The van der Waals surface area contributed by atoms with Crippen molar-refractivity contribution in [3.05, 3.63) is 70.7 Å². The lowest BCUT2D eigenvalue weighted by atomic mass is 10.2. The van der Waals surface area contributed by atoms with E-state index in [2.05, 4.69) is 10.6 Å².